The van der Waals surface area contributed by atoms with Crippen molar-refractivity contribution in [3.05, 3.63) is 28.8 Å². The Balaban J connectivity index is 2.48. The smallest absolute Gasteiger partial charge is 0.328 e. The molecule has 1 aromatic rings. The molecule has 11 heteroatoms. The number of nitrogens with zero attached hydrogens (tertiary/aromatic N) is 2. The number of aliphatic imine (C=N–C) groups is 1. The highest BCUT2D eigenvalue weighted by Gasteiger charge is 2.43. The van der Waals surface area contributed by atoms with Gasteiger partial charge in [0.2, 0.25) is 0 Å². The van der Waals surface area contributed by atoms with Crippen LogP contribution in [0.25, 0.3) is 0 Å². The minimum atomic E-state index is -4.18. The molecule has 0 spiro atoms. The molecule has 1 unspecified atom stereocenters. The van der Waals surface area contributed by atoms with Gasteiger partial charge in [-0.05, 0) is 12.1 Å². The summed E-state index contributed by atoms with van der Waals surface area (Å²) in [4.78, 5) is 16.7. The predicted molar refractivity (Wildman–Crippen MR) is 93.7 cm³/mol. The van der Waals surface area contributed by atoms with Gasteiger partial charge in [-0.2, -0.15) is 0 Å². The van der Waals surface area contributed by atoms with E-state index >= 15 is 0 Å². The Hall–Kier alpha value is -1.49. The number of urea groups is 1. The normalized spacial score (nSPS) is 22.7. The topological polar surface area (TPSA) is 111 Å². The molecule has 1 aromatic carbocycles. The molecule has 2 rings (SSSR count). The Morgan fingerprint density at radius 2 is 2.17 bits per heavy atom. The molecule has 1 saturated heterocycles. The molecule has 0 radical (unpaired) electrons. The fourth-order valence-corrected chi connectivity index (χ4v) is 4.84. The SMILES string of the molecule is CN=C1SCC(O)(c2ccc(Cl)c(S(=O)(=O)NC(=O)NC)c2)N1C. The molecule has 8 nitrogen and oxygen atoms in total. The quantitative estimate of drug-likeness (QED) is 0.700. The van der Waals surface area contributed by atoms with Crippen LogP contribution in [0.3, 0.4) is 0 Å². The van der Waals surface area contributed by atoms with Crippen molar-refractivity contribution in [2.75, 3.05) is 26.9 Å². The fraction of sp³-hybridized carbons (Fsp3) is 0.385. The van der Waals surface area contributed by atoms with Crippen molar-refractivity contribution in [1.29, 1.82) is 0 Å². The van der Waals surface area contributed by atoms with Crippen molar-refractivity contribution in [3.8, 4) is 0 Å². The standard InChI is InChI=1S/C13H17ClN4O4S2/c1-15-11(19)17-24(21,22)10-6-8(4-5-9(10)14)13(20)7-23-12(16-2)18(13)3/h4-6,20H,7H2,1-3H3,(H2,15,17,19). The highest BCUT2D eigenvalue weighted by atomic mass is 35.5. The number of aliphatic hydroxyl groups is 1. The van der Waals surface area contributed by atoms with E-state index in [4.69, 9.17) is 11.6 Å². The number of rotatable bonds is 3. The molecule has 0 aromatic heterocycles. The van der Waals surface area contributed by atoms with Crippen molar-refractivity contribution in [3.63, 3.8) is 0 Å². The fourth-order valence-electron chi connectivity index (χ4n) is 2.19. The van der Waals surface area contributed by atoms with E-state index in [1.807, 2.05) is 4.72 Å². The molecule has 2 amide bonds. The van der Waals surface area contributed by atoms with E-state index < -0.39 is 21.8 Å². The minimum absolute atomic E-state index is 0.0589. The van der Waals surface area contributed by atoms with Crippen LogP contribution in [0.4, 0.5) is 4.79 Å². The van der Waals surface area contributed by atoms with Crippen molar-refractivity contribution >= 4 is 44.6 Å². The molecule has 0 aliphatic carbocycles. The predicted octanol–water partition coefficient (Wildman–Crippen LogP) is 0.767. The molecule has 24 heavy (non-hydrogen) atoms. The maximum Gasteiger partial charge on any atom is 0.328 e. The number of hydrogen-bond acceptors (Lipinski definition) is 6. The second-order valence-electron chi connectivity index (χ2n) is 5.00. The summed E-state index contributed by atoms with van der Waals surface area (Å²) in [5, 5.41) is 13.7. The lowest BCUT2D eigenvalue weighted by molar-refractivity contribution is -0.0349. The Morgan fingerprint density at radius 1 is 1.50 bits per heavy atom. The first-order valence-corrected chi connectivity index (χ1v) is 9.60. The first-order valence-electron chi connectivity index (χ1n) is 6.76. The number of carbonyl (C=O) groups is 1. The summed E-state index contributed by atoms with van der Waals surface area (Å²) in [6, 6.07) is 3.27. The van der Waals surface area contributed by atoms with Crippen LogP contribution in [0.15, 0.2) is 28.1 Å². The number of halogens is 1. The number of benzene rings is 1. The highest BCUT2D eigenvalue weighted by molar-refractivity contribution is 8.14. The third-order valence-electron chi connectivity index (χ3n) is 3.57. The van der Waals surface area contributed by atoms with E-state index in [-0.39, 0.29) is 15.7 Å². The molecular formula is C13H17ClN4O4S2. The molecule has 1 aliphatic heterocycles. The molecular weight excluding hydrogens is 376 g/mol. The third kappa shape index (κ3) is 3.32. The van der Waals surface area contributed by atoms with Gasteiger partial charge in [0, 0.05) is 26.7 Å². The van der Waals surface area contributed by atoms with Gasteiger partial charge in [0.15, 0.2) is 10.9 Å². The summed E-state index contributed by atoms with van der Waals surface area (Å²) in [7, 11) is 0.383. The average molecular weight is 393 g/mol. The van der Waals surface area contributed by atoms with Crippen LogP contribution >= 0.6 is 23.4 Å². The van der Waals surface area contributed by atoms with Crippen LogP contribution in [0.5, 0.6) is 0 Å². The summed E-state index contributed by atoms with van der Waals surface area (Å²) in [5.74, 6) is 0.278. The first-order chi connectivity index (χ1) is 11.2. The number of amidine groups is 1. The van der Waals surface area contributed by atoms with Gasteiger partial charge in [-0.25, -0.2) is 17.9 Å². The highest BCUT2D eigenvalue weighted by Crippen LogP contribution is 2.39. The molecule has 0 bridgehead atoms. The summed E-state index contributed by atoms with van der Waals surface area (Å²) >= 11 is 7.32. The minimum Gasteiger partial charge on any atom is -0.366 e. The Labute approximate surface area is 149 Å². The van der Waals surface area contributed by atoms with Crippen molar-refractivity contribution in [2.45, 2.75) is 10.6 Å². The van der Waals surface area contributed by atoms with Crippen LogP contribution in [0.1, 0.15) is 5.56 Å². The summed E-state index contributed by atoms with van der Waals surface area (Å²) < 4.78 is 26.5. The lowest BCUT2D eigenvalue weighted by atomic mass is 10.0. The second-order valence-corrected chi connectivity index (χ2v) is 8.00. The van der Waals surface area contributed by atoms with Crippen LogP contribution in [0, 0.1) is 0 Å². The summed E-state index contributed by atoms with van der Waals surface area (Å²) in [5.41, 5.74) is -1.10. The van der Waals surface area contributed by atoms with E-state index in [0.717, 1.165) is 0 Å². The molecule has 1 heterocycles. The second kappa shape index (κ2) is 6.79. The molecule has 0 saturated carbocycles. The maximum absolute atomic E-state index is 12.3. The third-order valence-corrected chi connectivity index (χ3v) is 6.65. The van der Waals surface area contributed by atoms with Crippen LogP contribution < -0.4 is 10.0 Å². The number of hydrogen-bond donors (Lipinski definition) is 3. The number of amides is 2. The molecule has 132 valence electrons. The monoisotopic (exact) mass is 392 g/mol. The Bertz CT molecular complexity index is 799. The largest absolute Gasteiger partial charge is 0.366 e. The Morgan fingerprint density at radius 3 is 2.71 bits per heavy atom. The number of nitrogens with one attached hydrogen (secondary N) is 2. The first kappa shape index (κ1) is 18.8. The zero-order chi connectivity index (χ0) is 18.1. The van der Waals surface area contributed by atoms with Gasteiger partial charge in [-0.1, -0.05) is 29.4 Å². The van der Waals surface area contributed by atoms with Crippen molar-refractivity contribution in [2.24, 2.45) is 4.99 Å². The van der Waals surface area contributed by atoms with E-state index in [2.05, 4.69) is 10.3 Å². The van der Waals surface area contributed by atoms with Gasteiger partial charge in [-0.3, -0.25) is 4.99 Å². The number of carbonyl (C=O) groups excluding carboxylic acids is 1. The van der Waals surface area contributed by atoms with E-state index in [1.165, 1.54) is 37.0 Å². The summed E-state index contributed by atoms with van der Waals surface area (Å²) in [6.07, 6.45) is 0. The zero-order valence-electron chi connectivity index (χ0n) is 13.2. The van der Waals surface area contributed by atoms with Gasteiger partial charge < -0.3 is 15.3 Å². The molecule has 1 fully saturated rings. The lowest BCUT2D eigenvalue weighted by Crippen LogP contribution is -2.42. The lowest BCUT2D eigenvalue weighted by Gasteiger charge is -2.31. The zero-order valence-corrected chi connectivity index (χ0v) is 15.6. The van der Waals surface area contributed by atoms with Crippen LogP contribution in [0.2, 0.25) is 5.02 Å². The Kier molecular flexibility index (Phi) is 5.33. The number of thioether (sulfide) groups is 1. The van der Waals surface area contributed by atoms with Crippen molar-refractivity contribution in [1.82, 2.24) is 14.9 Å². The van der Waals surface area contributed by atoms with Crippen LogP contribution in [-0.4, -0.2) is 56.5 Å². The van der Waals surface area contributed by atoms with Crippen molar-refractivity contribution < 1.29 is 18.3 Å². The van der Waals surface area contributed by atoms with E-state index in [1.54, 1.807) is 19.0 Å². The molecule has 1 aliphatic rings. The van der Waals surface area contributed by atoms with Gasteiger partial charge in [0.25, 0.3) is 10.0 Å². The summed E-state index contributed by atoms with van der Waals surface area (Å²) in [6.45, 7) is 0. The maximum atomic E-state index is 12.3. The van der Waals surface area contributed by atoms with E-state index in [9.17, 15) is 18.3 Å². The van der Waals surface area contributed by atoms with Crippen LogP contribution in [-0.2, 0) is 15.7 Å². The molecule has 3 N–H and O–H groups in total. The van der Waals surface area contributed by atoms with Gasteiger partial charge in [0.05, 0.1) is 10.8 Å². The average Bonchev–Trinajstić information content (AvgIpc) is 2.83. The van der Waals surface area contributed by atoms with Gasteiger partial charge >= 0.3 is 6.03 Å². The van der Waals surface area contributed by atoms with Gasteiger partial charge in [0.1, 0.15) is 4.90 Å². The molecule has 1 atom stereocenters. The number of sulfonamides is 1. The van der Waals surface area contributed by atoms with Gasteiger partial charge in [-0.15, -0.1) is 0 Å². The van der Waals surface area contributed by atoms with E-state index in [0.29, 0.717) is 10.7 Å².